The summed E-state index contributed by atoms with van der Waals surface area (Å²) in [4.78, 5) is 0. The molecule has 1 nitrogen and oxygen atoms in total. The summed E-state index contributed by atoms with van der Waals surface area (Å²) in [5, 5.41) is 3.82. The number of halogens is 1. The average Bonchev–Trinajstić information content (AvgIpc) is 3.61. The second-order valence-corrected chi connectivity index (χ2v) is 12.5. The lowest BCUT2D eigenvalue weighted by molar-refractivity contribution is 0.566. The van der Waals surface area contributed by atoms with Gasteiger partial charge in [0, 0.05) is 9.78 Å². The fourth-order valence-corrected chi connectivity index (χ4v) is 8.06. The number of aryl methyl sites for hydroxylation is 1. The van der Waals surface area contributed by atoms with Crippen LogP contribution < -0.4 is 5.32 Å². The van der Waals surface area contributed by atoms with Crippen LogP contribution in [0.15, 0.2) is 78.0 Å². The van der Waals surface area contributed by atoms with E-state index >= 15 is 0 Å². The maximum Gasteiger partial charge on any atom is 0.0545 e. The molecule has 2 aliphatic carbocycles. The molecule has 31 heavy (non-hydrogen) atoms. The first-order valence-corrected chi connectivity index (χ1v) is 13.6. The second-order valence-electron chi connectivity index (χ2n) is 9.17. The van der Waals surface area contributed by atoms with Crippen molar-refractivity contribution < 1.29 is 0 Å². The molecule has 0 bridgehead atoms. The van der Waals surface area contributed by atoms with E-state index in [9.17, 15) is 0 Å². The van der Waals surface area contributed by atoms with Crippen molar-refractivity contribution in [2.24, 2.45) is 11.8 Å². The zero-order valence-electron chi connectivity index (χ0n) is 18.2. The van der Waals surface area contributed by atoms with Gasteiger partial charge in [-0.3, -0.25) is 0 Å². The summed E-state index contributed by atoms with van der Waals surface area (Å²) in [5.41, 5.74) is 10.3. The predicted octanol–water partition coefficient (Wildman–Crippen LogP) is 7.13. The molecule has 0 saturated heterocycles. The first-order chi connectivity index (χ1) is 15.2. The molecule has 0 radical (unpaired) electrons. The van der Waals surface area contributed by atoms with Crippen molar-refractivity contribution in [1.82, 2.24) is 5.32 Å². The molecule has 2 heteroatoms. The zero-order chi connectivity index (χ0) is 20.9. The van der Waals surface area contributed by atoms with E-state index < -0.39 is 0 Å². The van der Waals surface area contributed by atoms with E-state index in [1.807, 2.05) is 0 Å². The van der Waals surface area contributed by atoms with Crippen LogP contribution >= 0.6 is 20.7 Å². The number of hydrogen-bond acceptors (Lipinski definition) is 1. The molecular weight excluding hydrogens is 489 g/mol. The van der Waals surface area contributed by atoms with Gasteiger partial charge in [-0.1, -0.05) is 75.3 Å². The Balaban J connectivity index is 1.34. The van der Waals surface area contributed by atoms with Crippen LogP contribution in [-0.4, -0.2) is 9.55 Å². The van der Waals surface area contributed by atoms with Crippen LogP contribution in [0, 0.1) is 11.8 Å². The molecule has 3 atom stereocenters. The Bertz CT molecular complexity index is 1210. The molecule has 1 saturated carbocycles. The minimum atomic E-state index is -0.0912. The molecule has 1 fully saturated rings. The van der Waals surface area contributed by atoms with Crippen LogP contribution in [0.3, 0.4) is 0 Å². The third kappa shape index (κ3) is 3.49. The molecule has 6 rings (SSSR count). The van der Waals surface area contributed by atoms with Gasteiger partial charge in [-0.2, -0.15) is 0 Å². The Kier molecular flexibility index (Phi) is 4.86. The Morgan fingerprint density at radius 2 is 1.87 bits per heavy atom. The lowest BCUT2D eigenvalue weighted by Gasteiger charge is -2.29. The molecule has 2 aromatic carbocycles. The monoisotopic (exact) mass is 517 g/mol. The third-order valence-corrected chi connectivity index (χ3v) is 10.4. The van der Waals surface area contributed by atoms with Crippen LogP contribution in [0.5, 0.6) is 0 Å². The fourth-order valence-electron chi connectivity index (χ4n) is 5.33. The number of rotatable bonds is 3. The highest BCUT2D eigenvalue weighted by atomic mass is 127. The molecular formula is C29H28IN. The van der Waals surface area contributed by atoms with Crippen molar-refractivity contribution in [1.29, 1.82) is 0 Å². The van der Waals surface area contributed by atoms with Gasteiger partial charge in [0.2, 0.25) is 0 Å². The van der Waals surface area contributed by atoms with Crippen molar-refractivity contribution in [3.63, 3.8) is 0 Å². The summed E-state index contributed by atoms with van der Waals surface area (Å²) in [6.07, 6.45) is 13.2. The Morgan fingerprint density at radius 3 is 2.74 bits per heavy atom. The molecule has 3 unspecified atom stereocenters. The zero-order valence-corrected chi connectivity index (χ0v) is 20.3. The smallest absolute Gasteiger partial charge is 0.0545 e. The lowest BCUT2D eigenvalue weighted by Crippen LogP contribution is -2.33. The Morgan fingerprint density at radius 1 is 1.00 bits per heavy atom. The molecule has 156 valence electrons. The van der Waals surface area contributed by atoms with E-state index in [1.54, 1.807) is 7.09 Å². The summed E-state index contributed by atoms with van der Waals surface area (Å²) in [5.74, 6) is 1.43. The van der Waals surface area contributed by atoms with Gasteiger partial charge in [-0.25, -0.2) is 0 Å². The topological polar surface area (TPSA) is 12.0 Å². The van der Waals surface area contributed by atoms with Gasteiger partial charge < -0.3 is 5.32 Å². The molecule has 1 N–H and O–H groups in total. The highest BCUT2D eigenvalue weighted by molar-refractivity contribution is 14.2. The van der Waals surface area contributed by atoms with E-state index in [0.717, 1.165) is 5.92 Å². The van der Waals surface area contributed by atoms with Crippen molar-refractivity contribution >= 4 is 39.5 Å². The van der Waals surface area contributed by atoms with Crippen molar-refractivity contribution in [3.05, 3.63) is 100 Å². The van der Waals surface area contributed by atoms with E-state index in [0.29, 0.717) is 12.0 Å². The standard InChI is InChI=1S/C29H28IN/c1-18-19(2)30-28(23-13-12-20-8-6-7-11-22(20)14-23)16-24(18)29-26-15-25(26)27(17-31-29)21-9-4-3-5-10-21/h3-5,7,9-14,16-17,25-26,29,31H,6,8,15H2,1-2H3. The van der Waals surface area contributed by atoms with Crippen molar-refractivity contribution in [2.75, 3.05) is 0 Å². The van der Waals surface area contributed by atoms with E-state index in [2.05, 4.69) is 92.1 Å². The maximum atomic E-state index is 3.82. The minimum absolute atomic E-state index is 0.0912. The van der Waals surface area contributed by atoms with Gasteiger partial charge in [0.05, 0.1) is 6.04 Å². The first-order valence-electron chi connectivity index (χ1n) is 11.4. The molecule has 0 aromatic heterocycles. The summed E-state index contributed by atoms with van der Waals surface area (Å²) < 4.78 is 3.20. The van der Waals surface area contributed by atoms with Crippen LogP contribution in [-0.2, 0) is 6.42 Å². The number of nitrogens with one attached hydrogen (secondary N) is 1. The SMILES string of the molecule is CC1=IC(c2ccc3c(c2)C=CCC3)=CC(C2NC=C(c3ccccc3)C3CC32)=C1C. The van der Waals surface area contributed by atoms with Crippen LogP contribution in [0.1, 0.15) is 48.9 Å². The van der Waals surface area contributed by atoms with Gasteiger partial charge in [-0.15, -0.1) is 0 Å². The van der Waals surface area contributed by atoms with Gasteiger partial charge in [0.15, 0.2) is 0 Å². The number of benzene rings is 2. The quantitative estimate of drug-likeness (QED) is 0.427. The summed E-state index contributed by atoms with van der Waals surface area (Å²) in [7, 11) is 0. The predicted molar refractivity (Wildman–Crippen MR) is 142 cm³/mol. The number of fused-ring (bicyclic) bond motifs is 2. The normalized spacial score (nSPS) is 26.5. The van der Waals surface area contributed by atoms with Gasteiger partial charge in [0.25, 0.3) is 0 Å². The number of allylic oxidation sites excluding steroid dienone is 3. The van der Waals surface area contributed by atoms with E-state index in [-0.39, 0.29) is 20.7 Å². The highest BCUT2D eigenvalue weighted by Crippen LogP contribution is 2.54. The molecule has 2 heterocycles. The van der Waals surface area contributed by atoms with Crippen molar-refractivity contribution in [3.8, 4) is 0 Å². The summed E-state index contributed by atoms with van der Waals surface area (Å²) in [6, 6.07) is 18.5. The largest absolute Gasteiger partial charge is 0.384 e. The Hall–Kier alpha value is -2.20. The maximum absolute atomic E-state index is 3.82. The molecule has 2 aliphatic heterocycles. The minimum Gasteiger partial charge on any atom is -0.384 e. The molecule has 0 spiro atoms. The van der Waals surface area contributed by atoms with E-state index in [4.69, 9.17) is 0 Å². The average molecular weight is 517 g/mol. The lowest BCUT2D eigenvalue weighted by atomic mass is 9.89. The number of hydrogen-bond donors (Lipinski definition) is 1. The third-order valence-electron chi connectivity index (χ3n) is 7.30. The van der Waals surface area contributed by atoms with Gasteiger partial charge >= 0.3 is 0 Å². The molecule has 0 amide bonds. The van der Waals surface area contributed by atoms with E-state index in [1.165, 1.54) is 58.2 Å². The van der Waals surface area contributed by atoms with Crippen LogP contribution in [0.4, 0.5) is 0 Å². The van der Waals surface area contributed by atoms with Crippen molar-refractivity contribution in [2.45, 2.75) is 39.2 Å². The fraction of sp³-hybridized carbons (Fsp3) is 0.276. The summed E-state index contributed by atoms with van der Waals surface area (Å²) in [6.45, 7) is 4.72. The van der Waals surface area contributed by atoms with Gasteiger partial charge in [0.1, 0.15) is 0 Å². The second kappa shape index (κ2) is 7.74. The van der Waals surface area contributed by atoms with Crippen LogP contribution in [0.25, 0.3) is 15.2 Å². The molecule has 4 aliphatic rings. The highest BCUT2D eigenvalue weighted by Gasteiger charge is 2.49. The van der Waals surface area contributed by atoms with Gasteiger partial charge in [-0.05, 0) is 99.6 Å². The summed E-state index contributed by atoms with van der Waals surface area (Å²) >= 11 is -0.0912. The molecule has 2 aromatic rings. The first kappa shape index (κ1) is 19.5. The Labute approximate surface area is 195 Å². The van der Waals surface area contributed by atoms with Crippen LogP contribution in [0.2, 0.25) is 0 Å².